The minimum Gasteiger partial charge on any atom is -0.497 e. The third-order valence-electron chi connectivity index (χ3n) is 4.27. The van der Waals surface area contributed by atoms with Crippen LogP contribution in [0.25, 0.3) is 17.3 Å². The SMILES string of the molecule is COc1cc(C=O)cc(C(=O)/C=C/c2cc(-c3ccc4c(c3)OCO4)n[nH]2)c1. The molecule has 0 radical (unpaired) electrons. The second-order valence-corrected chi connectivity index (χ2v) is 6.09. The Morgan fingerprint density at radius 2 is 2.00 bits per heavy atom. The maximum atomic E-state index is 12.4. The van der Waals surface area contributed by atoms with Crippen LogP contribution in [-0.4, -0.2) is 36.2 Å². The number of hydrogen-bond donors (Lipinski definition) is 1. The van der Waals surface area contributed by atoms with Gasteiger partial charge in [-0.2, -0.15) is 5.10 Å². The van der Waals surface area contributed by atoms with E-state index in [2.05, 4.69) is 10.2 Å². The van der Waals surface area contributed by atoms with Gasteiger partial charge in [0.25, 0.3) is 0 Å². The number of nitrogens with one attached hydrogen (secondary N) is 1. The van der Waals surface area contributed by atoms with Crippen molar-refractivity contribution in [3.8, 4) is 28.5 Å². The highest BCUT2D eigenvalue weighted by Gasteiger charge is 2.15. The number of hydrogen-bond acceptors (Lipinski definition) is 6. The second kappa shape index (κ2) is 7.40. The number of nitrogens with zero attached hydrogens (tertiary/aromatic N) is 1. The number of carbonyl (C=O) groups excluding carboxylic acids is 2. The number of benzene rings is 2. The zero-order valence-electron chi connectivity index (χ0n) is 15.0. The standard InChI is InChI=1S/C21H16N2O5/c1-26-17-7-13(11-24)6-15(8-17)19(25)4-3-16-10-18(23-22-16)14-2-5-20-21(9-14)28-12-27-20/h2-11H,12H2,1H3,(H,22,23)/b4-3+. The van der Waals surface area contributed by atoms with Crippen molar-refractivity contribution in [2.75, 3.05) is 13.9 Å². The van der Waals surface area contributed by atoms with Gasteiger partial charge in [-0.25, -0.2) is 0 Å². The highest BCUT2D eigenvalue weighted by atomic mass is 16.7. The number of ketones is 1. The summed E-state index contributed by atoms with van der Waals surface area (Å²) in [5.74, 6) is 1.59. The number of aromatic amines is 1. The van der Waals surface area contributed by atoms with Crippen LogP contribution in [0.15, 0.2) is 48.5 Å². The van der Waals surface area contributed by atoms with Crippen LogP contribution in [0.2, 0.25) is 0 Å². The molecule has 2 aromatic carbocycles. The maximum Gasteiger partial charge on any atom is 0.231 e. The van der Waals surface area contributed by atoms with Crippen molar-refractivity contribution in [2.45, 2.75) is 0 Å². The van der Waals surface area contributed by atoms with Crippen LogP contribution >= 0.6 is 0 Å². The van der Waals surface area contributed by atoms with Crippen LogP contribution < -0.4 is 14.2 Å². The van der Waals surface area contributed by atoms with Crippen molar-refractivity contribution in [3.63, 3.8) is 0 Å². The molecule has 0 bridgehead atoms. The molecule has 0 saturated carbocycles. The van der Waals surface area contributed by atoms with Crippen LogP contribution in [0.5, 0.6) is 17.2 Å². The smallest absolute Gasteiger partial charge is 0.231 e. The number of aromatic nitrogens is 2. The van der Waals surface area contributed by atoms with Gasteiger partial charge in [-0.3, -0.25) is 14.7 Å². The number of aldehydes is 1. The van der Waals surface area contributed by atoms with E-state index < -0.39 is 0 Å². The average molecular weight is 376 g/mol. The van der Waals surface area contributed by atoms with Crippen molar-refractivity contribution in [1.29, 1.82) is 0 Å². The number of H-pyrrole nitrogens is 1. The molecule has 28 heavy (non-hydrogen) atoms. The Labute approximate surface area is 160 Å². The first kappa shape index (κ1) is 17.5. The minimum absolute atomic E-state index is 0.214. The molecule has 0 fully saturated rings. The van der Waals surface area contributed by atoms with E-state index in [1.165, 1.54) is 19.3 Å². The van der Waals surface area contributed by atoms with Gasteiger partial charge in [0.15, 0.2) is 17.3 Å². The summed E-state index contributed by atoms with van der Waals surface area (Å²) in [5, 5.41) is 7.15. The quantitative estimate of drug-likeness (QED) is 0.402. The molecule has 1 aliphatic heterocycles. The van der Waals surface area contributed by atoms with Crippen LogP contribution in [0, 0.1) is 0 Å². The molecule has 1 aliphatic rings. The van der Waals surface area contributed by atoms with E-state index in [9.17, 15) is 9.59 Å². The molecule has 2 heterocycles. The molecule has 3 aromatic rings. The highest BCUT2D eigenvalue weighted by Crippen LogP contribution is 2.35. The van der Waals surface area contributed by atoms with E-state index in [1.807, 2.05) is 24.3 Å². The third kappa shape index (κ3) is 3.50. The Morgan fingerprint density at radius 1 is 1.14 bits per heavy atom. The van der Waals surface area contributed by atoms with E-state index in [-0.39, 0.29) is 12.6 Å². The van der Waals surface area contributed by atoms with E-state index >= 15 is 0 Å². The van der Waals surface area contributed by atoms with E-state index in [4.69, 9.17) is 14.2 Å². The first-order chi connectivity index (χ1) is 13.7. The second-order valence-electron chi connectivity index (χ2n) is 6.09. The predicted molar refractivity (Wildman–Crippen MR) is 102 cm³/mol. The van der Waals surface area contributed by atoms with Crippen LogP contribution in [0.4, 0.5) is 0 Å². The van der Waals surface area contributed by atoms with Gasteiger partial charge in [-0.05, 0) is 54.6 Å². The molecule has 4 rings (SSSR count). The summed E-state index contributed by atoms with van der Waals surface area (Å²) >= 11 is 0. The summed E-state index contributed by atoms with van der Waals surface area (Å²) in [4.78, 5) is 23.5. The summed E-state index contributed by atoms with van der Waals surface area (Å²) < 4.78 is 15.8. The lowest BCUT2D eigenvalue weighted by molar-refractivity contribution is 0.104. The van der Waals surface area contributed by atoms with Gasteiger partial charge in [-0.1, -0.05) is 0 Å². The molecule has 0 amide bonds. The molecule has 1 aromatic heterocycles. The lowest BCUT2D eigenvalue weighted by Crippen LogP contribution is -1.97. The van der Waals surface area contributed by atoms with Crippen molar-refractivity contribution in [1.82, 2.24) is 10.2 Å². The van der Waals surface area contributed by atoms with Crippen LogP contribution in [-0.2, 0) is 0 Å². The molecular formula is C21H16N2O5. The summed E-state index contributed by atoms with van der Waals surface area (Å²) in [6.45, 7) is 0.214. The highest BCUT2D eigenvalue weighted by molar-refractivity contribution is 6.07. The number of carbonyl (C=O) groups is 2. The normalized spacial score (nSPS) is 12.3. The molecule has 140 valence electrons. The van der Waals surface area contributed by atoms with Crippen molar-refractivity contribution in [3.05, 3.63) is 65.4 Å². The summed E-state index contributed by atoms with van der Waals surface area (Å²) in [5.41, 5.74) is 3.00. The molecule has 0 spiro atoms. The van der Waals surface area contributed by atoms with Gasteiger partial charge >= 0.3 is 0 Å². The van der Waals surface area contributed by atoms with Gasteiger partial charge in [-0.15, -0.1) is 0 Å². The van der Waals surface area contributed by atoms with E-state index in [0.29, 0.717) is 40.4 Å². The average Bonchev–Trinajstić information content (AvgIpc) is 3.40. The Bertz CT molecular complexity index is 1080. The minimum atomic E-state index is -0.249. The number of ether oxygens (including phenoxy) is 3. The van der Waals surface area contributed by atoms with E-state index in [1.54, 1.807) is 18.2 Å². The number of methoxy groups -OCH3 is 1. The topological polar surface area (TPSA) is 90.5 Å². The molecule has 0 atom stereocenters. The van der Waals surface area contributed by atoms with Crippen molar-refractivity contribution in [2.24, 2.45) is 0 Å². The molecule has 7 heteroatoms. The molecule has 1 N–H and O–H groups in total. The monoisotopic (exact) mass is 376 g/mol. The van der Waals surface area contributed by atoms with Crippen molar-refractivity contribution >= 4 is 18.1 Å². The number of allylic oxidation sites excluding steroid dienone is 1. The number of rotatable bonds is 6. The molecule has 0 saturated heterocycles. The lowest BCUT2D eigenvalue weighted by atomic mass is 10.1. The van der Waals surface area contributed by atoms with Crippen molar-refractivity contribution < 1.29 is 23.8 Å². The van der Waals surface area contributed by atoms with Crippen LogP contribution in [0.1, 0.15) is 26.4 Å². The molecular weight excluding hydrogens is 360 g/mol. The Balaban J connectivity index is 1.53. The molecule has 0 unspecified atom stereocenters. The Morgan fingerprint density at radius 3 is 2.82 bits per heavy atom. The fourth-order valence-electron chi connectivity index (χ4n) is 2.84. The predicted octanol–water partition coefficient (Wildman–Crippen LogP) is 3.52. The zero-order chi connectivity index (χ0) is 19.5. The Kier molecular flexibility index (Phi) is 4.63. The zero-order valence-corrected chi connectivity index (χ0v) is 15.0. The Hall–Kier alpha value is -3.87. The first-order valence-corrected chi connectivity index (χ1v) is 8.48. The maximum absolute atomic E-state index is 12.4. The van der Waals surface area contributed by atoms with E-state index in [0.717, 1.165) is 11.3 Å². The summed E-state index contributed by atoms with van der Waals surface area (Å²) in [6.07, 6.45) is 3.72. The largest absolute Gasteiger partial charge is 0.497 e. The summed E-state index contributed by atoms with van der Waals surface area (Å²) in [7, 11) is 1.48. The van der Waals surface area contributed by atoms with Gasteiger partial charge in [0.1, 0.15) is 12.0 Å². The lowest BCUT2D eigenvalue weighted by Gasteiger charge is -2.03. The molecule has 7 nitrogen and oxygen atoms in total. The van der Waals surface area contributed by atoms with Gasteiger partial charge in [0, 0.05) is 16.7 Å². The van der Waals surface area contributed by atoms with Gasteiger partial charge < -0.3 is 14.2 Å². The molecule has 0 aliphatic carbocycles. The fraction of sp³-hybridized carbons (Fsp3) is 0.0952. The fourth-order valence-corrected chi connectivity index (χ4v) is 2.84. The van der Waals surface area contributed by atoms with Crippen LogP contribution in [0.3, 0.4) is 0 Å². The van der Waals surface area contributed by atoms with Gasteiger partial charge in [0.2, 0.25) is 6.79 Å². The third-order valence-corrected chi connectivity index (χ3v) is 4.27. The van der Waals surface area contributed by atoms with Gasteiger partial charge in [0.05, 0.1) is 18.5 Å². The summed E-state index contributed by atoms with van der Waals surface area (Å²) in [6, 6.07) is 12.1. The first-order valence-electron chi connectivity index (χ1n) is 8.48. The number of fused-ring (bicyclic) bond motifs is 1.